The summed E-state index contributed by atoms with van der Waals surface area (Å²) in [4.78, 5) is 26.8. The highest BCUT2D eigenvalue weighted by Crippen LogP contribution is 2.37. The Kier molecular flexibility index (Phi) is 4.35. The van der Waals surface area contributed by atoms with Crippen LogP contribution in [-0.4, -0.2) is 32.3 Å². The summed E-state index contributed by atoms with van der Waals surface area (Å²) in [7, 11) is 1.56. The van der Waals surface area contributed by atoms with E-state index >= 15 is 0 Å². The first-order valence-corrected chi connectivity index (χ1v) is 8.70. The van der Waals surface area contributed by atoms with Crippen molar-refractivity contribution in [2.24, 2.45) is 5.92 Å². The van der Waals surface area contributed by atoms with Crippen molar-refractivity contribution in [1.29, 1.82) is 0 Å². The molecule has 2 heterocycles. The molecule has 0 bridgehead atoms. The van der Waals surface area contributed by atoms with E-state index in [0.29, 0.717) is 35.2 Å². The zero-order valence-corrected chi connectivity index (χ0v) is 15.2. The lowest BCUT2D eigenvalue weighted by Gasteiger charge is -2.17. The zero-order chi connectivity index (χ0) is 19.0. The van der Waals surface area contributed by atoms with Gasteiger partial charge in [-0.25, -0.2) is 0 Å². The topological polar surface area (TPSA) is 77.1 Å². The fourth-order valence-electron chi connectivity index (χ4n) is 3.34. The largest absolute Gasteiger partial charge is 0.495 e. The number of hydrogen-bond donors (Lipinski definition) is 1. The van der Waals surface area contributed by atoms with Crippen molar-refractivity contribution in [3.8, 4) is 17.2 Å². The summed E-state index contributed by atoms with van der Waals surface area (Å²) in [5, 5.41) is 2.89. The number of benzene rings is 2. The molecule has 1 unspecified atom stereocenters. The molecule has 0 saturated carbocycles. The minimum atomic E-state index is -0.437. The highest BCUT2D eigenvalue weighted by molar-refractivity contribution is 6.04. The first-order chi connectivity index (χ1) is 13.0. The highest BCUT2D eigenvalue weighted by Gasteiger charge is 2.36. The van der Waals surface area contributed by atoms with Crippen LogP contribution < -0.4 is 24.4 Å². The quantitative estimate of drug-likeness (QED) is 0.898. The van der Waals surface area contributed by atoms with Crippen molar-refractivity contribution in [2.45, 2.75) is 13.3 Å². The monoisotopic (exact) mass is 368 g/mol. The fourth-order valence-corrected chi connectivity index (χ4v) is 3.34. The van der Waals surface area contributed by atoms with Crippen molar-refractivity contribution in [1.82, 2.24) is 0 Å². The Balaban J connectivity index is 1.49. The van der Waals surface area contributed by atoms with Crippen molar-refractivity contribution >= 4 is 23.2 Å². The number of aryl methyl sites for hydroxylation is 1. The van der Waals surface area contributed by atoms with E-state index in [-0.39, 0.29) is 25.0 Å². The molecule has 0 spiro atoms. The van der Waals surface area contributed by atoms with Gasteiger partial charge in [-0.05, 0) is 36.8 Å². The van der Waals surface area contributed by atoms with Crippen LogP contribution in [0.1, 0.15) is 12.0 Å². The van der Waals surface area contributed by atoms with Gasteiger partial charge in [0.05, 0.1) is 18.7 Å². The summed E-state index contributed by atoms with van der Waals surface area (Å²) in [6, 6.07) is 10.9. The van der Waals surface area contributed by atoms with Gasteiger partial charge in [0.2, 0.25) is 18.6 Å². The summed E-state index contributed by atoms with van der Waals surface area (Å²) in [5.41, 5.74) is 2.32. The number of anilines is 2. The predicted octanol–water partition coefficient (Wildman–Crippen LogP) is 2.72. The molecule has 0 aromatic heterocycles. The van der Waals surface area contributed by atoms with E-state index in [1.807, 2.05) is 25.1 Å². The lowest BCUT2D eigenvalue weighted by atomic mass is 10.1. The van der Waals surface area contributed by atoms with E-state index in [1.54, 1.807) is 30.2 Å². The van der Waals surface area contributed by atoms with Crippen LogP contribution in [0.25, 0.3) is 0 Å². The molecular formula is C20H20N2O5. The molecule has 1 atom stereocenters. The zero-order valence-electron chi connectivity index (χ0n) is 15.2. The first-order valence-electron chi connectivity index (χ1n) is 8.70. The number of carbonyl (C=O) groups excluding carboxylic acids is 2. The van der Waals surface area contributed by atoms with E-state index in [9.17, 15) is 9.59 Å². The minimum absolute atomic E-state index is 0.0924. The molecule has 2 aromatic rings. The number of carbonyl (C=O) groups is 2. The van der Waals surface area contributed by atoms with Crippen molar-refractivity contribution < 1.29 is 23.8 Å². The highest BCUT2D eigenvalue weighted by atomic mass is 16.7. The number of ether oxygens (including phenoxy) is 3. The van der Waals surface area contributed by atoms with Gasteiger partial charge in [-0.15, -0.1) is 0 Å². The third-order valence-corrected chi connectivity index (χ3v) is 4.78. The van der Waals surface area contributed by atoms with E-state index in [4.69, 9.17) is 14.2 Å². The molecule has 27 heavy (non-hydrogen) atoms. The molecule has 7 nitrogen and oxygen atoms in total. The van der Waals surface area contributed by atoms with Gasteiger partial charge in [-0.3, -0.25) is 9.59 Å². The molecule has 2 amide bonds. The second-order valence-electron chi connectivity index (χ2n) is 6.64. The number of methoxy groups -OCH3 is 1. The van der Waals surface area contributed by atoms with Gasteiger partial charge in [-0.1, -0.05) is 6.07 Å². The van der Waals surface area contributed by atoms with Crippen molar-refractivity contribution in [3.05, 3.63) is 42.0 Å². The summed E-state index contributed by atoms with van der Waals surface area (Å²) < 4.78 is 16.0. The van der Waals surface area contributed by atoms with Crippen LogP contribution in [0.3, 0.4) is 0 Å². The normalized spacial score (nSPS) is 17.9. The Hall–Kier alpha value is -3.22. The van der Waals surface area contributed by atoms with Gasteiger partial charge in [0.15, 0.2) is 11.5 Å². The van der Waals surface area contributed by atoms with Crippen LogP contribution in [0.5, 0.6) is 17.2 Å². The molecule has 2 aliphatic heterocycles. The van der Waals surface area contributed by atoms with Gasteiger partial charge in [0.25, 0.3) is 0 Å². The van der Waals surface area contributed by atoms with Crippen LogP contribution in [0.2, 0.25) is 0 Å². The number of fused-ring (bicyclic) bond motifs is 1. The Morgan fingerprint density at radius 1 is 1.19 bits per heavy atom. The molecule has 0 radical (unpaired) electrons. The van der Waals surface area contributed by atoms with Crippen LogP contribution in [-0.2, 0) is 9.59 Å². The Labute approximate surface area is 156 Å². The second kappa shape index (κ2) is 6.83. The van der Waals surface area contributed by atoms with Gasteiger partial charge in [-0.2, -0.15) is 0 Å². The minimum Gasteiger partial charge on any atom is -0.495 e. The van der Waals surface area contributed by atoms with Gasteiger partial charge >= 0.3 is 0 Å². The molecule has 0 aliphatic carbocycles. The molecule has 1 N–H and O–H groups in total. The summed E-state index contributed by atoms with van der Waals surface area (Å²) >= 11 is 0. The Bertz CT molecular complexity index is 911. The van der Waals surface area contributed by atoms with Gasteiger partial charge < -0.3 is 24.4 Å². The molecule has 2 aromatic carbocycles. The molecule has 4 rings (SSSR count). The molecule has 1 saturated heterocycles. The van der Waals surface area contributed by atoms with Gasteiger partial charge in [0, 0.05) is 24.7 Å². The summed E-state index contributed by atoms with van der Waals surface area (Å²) in [6.07, 6.45) is 0.161. The number of nitrogens with one attached hydrogen (secondary N) is 1. The molecule has 2 aliphatic rings. The van der Waals surface area contributed by atoms with Gasteiger partial charge in [0.1, 0.15) is 5.75 Å². The first kappa shape index (κ1) is 17.2. The molecule has 1 fully saturated rings. The number of rotatable bonds is 4. The van der Waals surface area contributed by atoms with Crippen LogP contribution in [0.4, 0.5) is 11.4 Å². The van der Waals surface area contributed by atoms with E-state index in [1.165, 1.54) is 0 Å². The summed E-state index contributed by atoms with van der Waals surface area (Å²) in [5.74, 6) is 1.13. The van der Waals surface area contributed by atoms with Crippen molar-refractivity contribution in [2.75, 3.05) is 30.7 Å². The smallest absolute Gasteiger partial charge is 0.231 e. The SMILES string of the molecule is COc1ccc(C)cc1NC(=O)C1CC(=O)N(c2ccc3c(c2)OCO3)C1. The average Bonchev–Trinajstić information content (AvgIpc) is 3.27. The Morgan fingerprint density at radius 3 is 2.81 bits per heavy atom. The molecule has 140 valence electrons. The second-order valence-corrected chi connectivity index (χ2v) is 6.64. The van der Waals surface area contributed by atoms with E-state index in [0.717, 1.165) is 5.56 Å². The Morgan fingerprint density at radius 2 is 2.00 bits per heavy atom. The predicted molar refractivity (Wildman–Crippen MR) is 99.4 cm³/mol. The van der Waals surface area contributed by atoms with Crippen molar-refractivity contribution in [3.63, 3.8) is 0 Å². The lowest BCUT2D eigenvalue weighted by Crippen LogP contribution is -2.28. The fraction of sp³-hybridized carbons (Fsp3) is 0.300. The maximum atomic E-state index is 12.7. The maximum Gasteiger partial charge on any atom is 0.231 e. The summed E-state index contributed by atoms with van der Waals surface area (Å²) in [6.45, 7) is 2.43. The third kappa shape index (κ3) is 3.28. The van der Waals surface area contributed by atoms with E-state index in [2.05, 4.69) is 5.32 Å². The van der Waals surface area contributed by atoms with E-state index < -0.39 is 5.92 Å². The average molecular weight is 368 g/mol. The number of amides is 2. The lowest BCUT2D eigenvalue weighted by molar-refractivity contribution is -0.122. The standard InChI is InChI=1S/C20H20N2O5/c1-12-3-5-16(25-2)15(7-12)21-20(24)13-8-19(23)22(10-13)14-4-6-17-18(9-14)27-11-26-17/h3-7,9,13H,8,10-11H2,1-2H3,(H,21,24). The molecule has 7 heteroatoms. The van der Waals surface area contributed by atoms with Crippen LogP contribution in [0.15, 0.2) is 36.4 Å². The third-order valence-electron chi connectivity index (χ3n) is 4.78. The number of nitrogens with zero attached hydrogens (tertiary/aromatic N) is 1. The maximum absolute atomic E-state index is 12.7. The molecular weight excluding hydrogens is 348 g/mol. The van der Waals surface area contributed by atoms with Crippen LogP contribution >= 0.6 is 0 Å². The van der Waals surface area contributed by atoms with Crippen LogP contribution in [0, 0.1) is 12.8 Å². The number of hydrogen-bond acceptors (Lipinski definition) is 5.